The molecule has 1 aromatic heterocycles. The number of aryl methyl sites for hydroxylation is 2. The number of nitrogens with two attached hydrogens (primary N) is 1. The Labute approximate surface area is 117 Å². The quantitative estimate of drug-likeness (QED) is 0.855. The van der Waals surface area contributed by atoms with Crippen molar-refractivity contribution < 1.29 is 8.42 Å². The molecule has 0 saturated heterocycles. The molecule has 0 aromatic carbocycles. The minimum atomic E-state index is -3.20. The molecule has 0 amide bonds. The van der Waals surface area contributed by atoms with E-state index < -0.39 is 9.84 Å². The number of halogens is 1. The second-order valence-electron chi connectivity index (χ2n) is 4.38. The Morgan fingerprint density at radius 3 is 2.56 bits per heavy atom. The second kappa shape index (κ2) is 6.16. The molecule has 0 radical (unpaired) electrons. The summed E-state index contributed by atoms with van der Waals surface area (Å²) in [7, 11) is -3.20. The molecule has 1 heterocycles. The number of nitrogens with zero attached hydrogens (tertiary/aromatic N) is 2. The van der Waals surface area contributed by atoms with Gasteiger partial charge in [0.25, 0.3) is 0 Å². The number of rotatable bonds is 6. The van der Waals surface area contributed by atoms with Crippen LogP contribution in [-0.2, 0) is 22.1 Å². The fourth-order valence-corrected chi connectivity index (χ4v) is 4.04. The molecule has 7 heteroatoms. The Balaban J connectivity index is 2.97. The van der Waals surface area contributed by atoms with Gasteiger partial charge in [-0.15, -0.1) is 0 Å². The van der Waals surface area contributed by atoms with Gasteiger partial charge in [-0.1, -0.05) is 6.92 Å². The first kappa shape index (κ1) is 15.7. The van der Waals surface area contributed by atoms with Crippen LogP contribution in [0.25, 0.3) is 0 Å². The molecule has 0 saturated carbocycles. The average Bonchev–Trinajstić information content (AvgIpc) is 2.55. The van der Waals surface area contributed by atoms with Gasteiger partial charge in [0.05, 0.1) is 27.4 Å². The summed E-state index contributed by atoms with van der Waals surface area (Å²) >= 11 is 3.40. The van der Waals surface area contributed by atoms with Gasteiger partial charge in [0.15, 0.2) is 9.84 Å². The maximum atomic E-state index is 12.1. The van der Waals surface area contributed by atoms with Crippen molar-refractivity contribution in [3.05, 3.63) is 15.9 Å². The van der Waals surface area contributed by atoms with Crippen LogP contribution >= 0.6 is 15.9 Å². The fraction of sp³-hybridized carbons (Fsp3) is 0.727. The summed E-state index contributed by atoms with van der Waals surface area (Å²) in [5, 5.41) is 4.29. The zero-order valence-corrected chi connectivity index (χ0v) is 13.4. The second-order valence-corrected chi connectivity index (χ2v) is 7.29. The van der Waals surface area contributed by atoms with Gasteiger partial charge in [-0.05, 0) is 36.2 Å². The number of aromatic nitrogens is 2. The predicted molar refractivity (Wildman–Crippen MR) is 76.1 cm³/mol. The van der Waals surface area contributed by atoms with Crippen molar-refractivity contribution in [1.82, 2.24) is 9.78 Å². The Bertz CT molecular complexity index is 511. The van der Waals surface area contributed by atoms with Crippen molar-refractivity contribution in [2.24, 2.45) is 5.73 Å². The van der Waals surface area contributed by atoms with Crippen molar-refractivity contribution in [1.29, 1.82) is 0 Å². The minimum absolute atomic E-state index is 0.0177. The third-order valence-electron chi connectivity index (χ3n) is 2.80. The summed E-state index contributed by atoms with van der Waals surface area (Å²) in [4.78, 5) is 0. The van der Waals surface area contributed by atoms with Gasteiger partial charge in [0, 0.05) is 12.6 Å². The average molecular weight is 338 g/mol. The molecule has 0 fully saturated rings. The zero-order valence-electron chi connectivity index (χ0n) is 11.0. The number of hydrogen-bond acceptors (Lipinski definition) is 4. The Kier molecular flexibility index (Phi) is 5.36. The van der Waals surface area contributed by atoms with Crippen molar-refractivity contribution >= 4 is 25.8 Å². The monoisotopic (exact) mass is 337 g/mol. The van der Waals surface area contributed by atoms with E-state index in [1.165, 1.54) is 0 Å². The molecule has 18 heavy (non-hydrogen) atoms. The van der Waals surface area contributed by atoms with Gasteiger partial charge in [0.1, 0.15) is 0 Å². The molecule has 0 spiro atoms. The van der Waals surface area contributed by atoms with Crippen LogP contribution in [-0.4, -0.2) is 30.0 Å². The maximum absolute atomic E-state index is 12.1. The van der Waals surface area contributed by atoms with Gasteiger partial charge in [-0.3, -0.25) is 4.68 Å². The van der Waals surface area contributed by atoms with E-state index in [1.54, 1.807) is 4.68 Å². The molecule has 1 unspecified atom stereocenters. The Hall–Kier alpha value is -0.400. The summed E-state index contributed by atoms with van der Waals surface area (Å²) in [6, 6.07) is -0.298. The van der Waals surface area contributed by atoms with Crippen LogP contribution in [0.4, 0.5) is 0 Å². The molecule has 2 N–H and O–H groups in total. The first-order chi connectivity index (χ1) is 8.30. The van der Waals surface area contributed by atoms with E-state index in [-0.39, 0.29) is 17.5 Å². The molecule has 1 atom stereocenters. The normalized spacial score (nSPS) is 13.8. The van der Waals surface area contributed by atoms with Crippen molar-refractivity contribution in [3.63, 3.8) is 0 Å². The van der Waals surface area contributed by atoms with Crippen LogP contribution < -0.4 is 5.73 Å². The van der Waals surface area contributed by atoms with Crippen LogP contribution in [0.2, 0.25) is 0 Å². The fourth-order valence-electron chi connectivity index (χ4n) is 1.72. The molecular weight excluding hydrogens is 318 g/mol. The molecule has 0 aliphatic heterocycles. The molecule has 1 aromatic rings. The molecule has 104 valence electrons. The summed E-state index contributed by atoms with van der Waals surface area (Å²) in [5.41, 5.74) is 7.23. The summed E-state index contributed by atoms with van der Waals surface area (Å²) in [5.74, 6) is -0.000154. The molecule has 0 bridgehead atoms. The third kappa shape index (κ3) is 3.80. The highest BCUT2D eigenvalue weighted by Gasteiger charge is 2.21. The summed E-state index contributed by atoms with van der Waals surface area (Å²) in [6.45, 7) is 6.32. The lowest BCUT2D eigenvalue weighted by molar-refractivity contribution is 0.575. The topological polar surface area (TPSA) is 78.0 Å². The Morgan fingerprint density at radius 2 is 2.06 bits per heavy atom. The first-order valence-corrected chi connectivity index (χ1v) is 8.60. The smallest absolute Gasteiger partial charge is 0.157 e. The van der Waals surface area contributed by atoms with Crippen LogP contribution in [0, 0.1) is 6.92 Å². The lowest BCUT2D eigenvalue weighted by Gasteiger charge is -2.11. The van der Waals surface area contributed by atoms with Gasteiger partial charge >= 0.3 is 0 Å². The van der Waals surface area contributed by atoms with Crippen LogP contribution in [0.3, 0.4) is 0 Å². The SMILES string of the molecule is CCC(N)CS(=O)(=O)Cc1c(Br)c(C)nn1CC. The van der Waals surface area contributed by atoms with Crippen molar-refractivity contribution in [2.75, 3.05) is 5.75 Å². The lowest BCUT2D eigenvalue weighted by atomic mass is 10.3. The maximum Gasteiger partial charge on any atom is 0.157 e. The molecule has 0 aliphatic carbocycles. The van der Waals surface area contributed by atoms with Gasteiger partial charge < -0.3 is 5.73 Å². The van der Waals surface area contributed by atoms with E-state index in [0.717, 1.165) is 10.2 Å². The lowest BCUT2D eigenvalue weighted by Crippen LogP contribution is -2.30. The largest absolute Gasteiger partial charge is 0.327 e. The molecule has 5 nitrogen and oxygen atoms in total. The predicted octanol–water partition coefficient (Wildman–Crippen LogP) is 1.63. The standard InChI is InChI=1S/C11H20BrN3O2S/c1-4-9(13)6-18(16,17)7-10-11(12)8(3)14-15(10)5-2/h9H,4-7,13H2,1-3H3. The van der Waals surface area contributed by atoms with E-state index in [9.17, 15) is 8.42 Å². The van der Waals surface area contributed by atoms with Gasteiger partial charge in [0.2, 0.25) is 0 Å². The van der Waals surface area contributed by atoms with E-state index in [4.69, 9.17) is 5.73 Å². The highest BCUT2D eigenvalue weighted by atomic mass is 79.9. The molecule has 1 rings (SSSR count). The third-order valence-corrected chi connectivity index (χ3v) is 5.48. The summed E-state index contributed by atoms with van der Waals surface area (Å²) in [6.07, 6.45) is 0.659. The van der Waals surface area contributed by atoms with E-state index >= 15 is 0 Å². The van der Waals surface area contributed by atoms with Crippen LogP contribution in [0.5, 0.6) is 0 Å². The van der Waals surface area contributed by atoms with E-state index in [1.807, 2.05) is 20.8 Å². The van der Waals surface area contributed by atoms with Crippen LogP contribution in [0.1, 0.15) is 31.7 Å². The Morgan fingerprint density at radius 1 is 1.44 bits per heavy atom. The van der Waals surface area contributed by atoms with Crippen LogP contribution in [0.15, 0.2) is 4.47 Å². The van der Waals surface area contributed by atoms with Crippen molar-refractivity contribution in [2.45, 2.75) is 45.5 Å². The zero-order chi connectivity index (χ0) is 13.9. The van der Waals surface area contributed by atoms with Crippen molar-refractivity contribution in [3.8, 4) is 0 Å². The summed E-state index contributed by atoms with van der Waals surface area (Å²) < 4.78 is 26.6. The molecule has 0 aliphatic rings. The van der Waals surface area contributed by atoms with Gasteiger partial charge in [-0.2, -0.15) is 5.10 Å². The first-order valence-electron chi connectivity index (χ1n) is 5.98. The van der Waals surface area contributed by atoms with E-state index in [2.05, 4.69) is 21.0 Å². The minimum Gasteiger partial charge on any atom is -0.327 e. The molecular formula is C11H20BrN3O2S. The highest BCUT2D eigenvalue weighted by Crippen LogP contribution is 2.23. The number of sulfone groups is 1. The highest BCUT2D eigenvalue weighted by molar-refractivity contribution is 9.10. The van der Waals surface area contributed by atoms with E-state index in [0.29, 0.717) is 18.7 Å². The number of hydrogen-bond donors (Lipinski definition) is 1. The van der Waals surface area contributed by atoms with Gasteiger partial charge in [-0.25, -0.2) is 8.42 Å².